The minimum absolute atomic E-state index is 0.0398. The van der Waals surface area contributed by atoms with Gasteiger partial charge in [-0.3, -0.25) is 0 Å². The van der Waals surface area contributed by atoms with Crippen LogP contribution in [0.4, 0.5) is 0 Å². The molecule has 1 N–H and O–H groups in total. The number of hydrogen-bond donors (Lipinski definition) is 1. The van der Waals surface area contributed by atoms with E-state index in [2.05, 4.69) is 0 Å². The van der Waals surface area contributed by atoms with Gasteiger partial charge in [-0.2, -0.15) is 0 Å². The monoisotopic (exact) mass is 236 g/mol. The first-order valence-electron chi connectivity index (χ1n) is 5.23. The smallest absolute Gasteiger partial charge is 0.174 e. The van der Waals surface area contributed by atoms with Crippen molar-refractivity contribution in [2.75, 3.05) is 19.0 Å². The standard InChI is InChI=1S/C9H16O5S/c10-4-3-7-6-13-9(14-7)8-2-1-5-15(8,11)12/h7-10H,1-6H2. The second kappa shape index (κ2) is 4.37. The Morgan fingerprint density at radius 2 is 2.20 bits per heavy atom. The van der Waals surface area contributed by atoms with Gasteiger partial charge in [-0.15, -0.1) is 0 Å². The molecule has 2 aliphatic rings. The molecule has 0 spiro atoms. The van der Waals surface area contributed by atoms with Crippen LogP contribution < -0.4 is 0 Å². The second-order valence-corrected chi connectivity index (χ2v) is 6.36. The van der Waals surface area contributed by atoms with E-state index in [0.717, 1.165) is 0 Å². The summed E-state index contributed by atoms with van der Waals surface area (Å²) in [6.45, 7) is 0.426. The molecular formula is C9H16O5S. The predicted molar refractivity (Wildman–Crippen MR) is 53.1 cm³/mol. The van der Waals surface area contributed by atoms with Crippen LogP contribution in [0.25, 0.3) is 0 Å². The minimum atomic E-state index is -3.02. The lowest BCUT2D eigenvalue weighted by molar-refractivity contribution is -0.0611. The summed E-state index contributed by atoms with van der Waals surface area (Å²) in [6, 6.07) is 0. The maximum absolute atomic E-state index is 11.6. The molecule has 3 unspecified atom stereocenters. The van der Waals surface area contributed by atoms with Crippen molar-refractivity contribution in [3.05, 3.63) is 0 Å². The topological polar surface area (TPSA) is 72.8 Å². The van der Waals surface area contributed by atoms with Crippen molar-refractivity contribution in [2.45, 2.75) is 36.9 Å². The largest absolute Gasteiger partial charge is 0.396 e. The highest BCUT2D eigenvalue weighted by atomic mass is 32.2. The molecule has 0 aliphatic carbocycles. The molecule has 2 fully saturated rings. The summed E-state index contributed by atoms with van der Waals surface area (Å²) in [6.07, 6.45) is 1.05. The van der Waals surface area contributed by atoms with Crippen molar-refractivity contribution in [1.29, 1.82) is 0 Å². The van der Waals surface area contributed by atoms with E-state index in [1.54, 1.807) is 0 Å². The molecule has 2 heterocycles. The summed E-state index contributed by atoms with van der Waals surface area (Å²) < 4.78 is 34.0. The van der Waals surface area contributed by atoms with Gasteiger partial charge in [0.2, 0.25) is 0 Å². The number of aliphatic hydroxyl groups is 1. The average molecular weight is 236 g/mol. The number of ether oxygens (including phenoxy) is 2. The molecule has 2 saturated heterocycles. The third kappa shape index (κ3) is 2.33. The summed E-state index contributed by atoms with van der Waals surface area (Å²) in [5, 5.41) is 8.23. The highest BCUT2D eigenvalue weighted by Crippen LogP contribution is 2.29. The Bertz CT molecular complexity index is 312. The molecule has 0 saturated carbocycles. The van der Waals surface area contributed by atoms with Gasteiger partial charge in [-0.25, -0.2) is 8.42 Å². The van der Waals surface area contributed by atoms with E-state index in [4.69, 9.17) is 14.6 Å². The maximum Gasteiger partial charge on any atom is 0.174 e. The number of aliphatic hydroxyl groups excluding tert-OH is 1. The number of sulfone groups is 1. The third-order valence-corrected chi connectivity index (χ3v) is 5.14. The highest BCUT2D eigenvalue weighted by molar-refractivity contribution is 7.92. The Morgan fingerprint density at radius 3 is 2.80 bits per heavy atom. The normalized spacial score (nSPS) is 39.7. The van der Waals surface area contributed by atoms with Crippen LogP contribution in [0.15, 0.2) is 0 Å². The van der Waals surface area contributed by atoms with Gasteiger partial charge in [-0.1, -0.05) is 0 Å². The molecule has 0 aromatic heterocycles. The van der Waals surface area contributed by atoms with Gasteiger partial charge in [0.15, 0.2) is 16.1 Å². The molecule has 3 atom stereocenters. The van der Waals surface area contributed by atoms with Crippen LogP contribution in [-0.4, -0.2) is 50.1 Å². The van der Waals surface area contributed by atoms with Gasteiger partial charge in [-0.05, 0) is 19.3 Å². The zero-order chi connectivity index (χ0) is 10.9. The summed E-state index contributed by atoms with van der Waals surface area (Å²) in [4.78, 5) is 0. The van der Waals surface area contributed by atoms with E-state index in [9.17, 15) is 8.42 Å². The van der Waals surface area contributed by atoms with Crippen molar-refractivity contribution in [1.82, 2.24) is 0 Å². The fourth-order valence-corrected chi connectivity index (χ4v) is 3.96. The summed E-state index contributed by atoms with van der Waals surface area (Å²) >= 11 is 0. The fraction of sp³-hybridized carbons (Fsp3) is 1.00. The zero-order valence-corrected chi connectivity index (χ0v) is 9.28. The second-order valence-electron chi connectivity index (χ2n) is 4.02. The molecule has 2 aliphatic heterocycles. The van der Waals surface area contributed by atoms with E-state index >= 15 is 0 Å². The van der Waals surface area contributed by atoms with E-state index < -0.39 is 21.4 Å². The van der Waals surface area contributed by atoms with Crippen LogP contribution in [0.2, 0.25) is 0 Å². The van der Waals surface area contributed by atoms with Crippen LogP contribution in [0, 0.1) is 0 Å². The van der Waals surface area contributed by atoms with Crippen molar-refractivity contribution < 1.29 is 23.0 Å². The van der Waals surface area contributed by atoms with Gasteiger partial charge < -0.3 is 14.6 Å². The molecular weight excluding hydrogens is 220 g/mol. The number of hydrogen-bond acceptors (Lipinski definition) is 5. The molecule has 0 amide bonds. The van der Waals surface area contributed by atoms with Gasteiger partial charge in [0.25, 0.3) is 0 Å². The highest BCUT2D eigenvalue weighted by Gasteiger charge is 2.42. The maximum atomic E-state index is 11.6. The first kappa shape index (κ1) is 11.3. The van der Waals surface area contributed by atoms with E-state index in [-0.39, 0.29) is 18.5 Å². The van der Waals surface area contributed by atoms with Gasteiger partial charge in [0.05, 0.1) is 18.5 Å². The van der Waals surface area contributed by atoms with Crippen molar-refractivity contribution in [3.63, 3.8) is 0 Å². The Hall–Kier alpha value is -0.170. The Kier molecular flexibility index (Phi) is 3.30. The molecule has 2 rings (SSSR count). The van der Waals surface area contributed by atoms with Gasteiger partial charge in [0, 0.05) is 6.61 Å². The van der Waals surface area contributed by atoms with Crippen LogP contribution in [0.3, 0.4) is 0 Å². The SMILES string of the molecule is O=S1(=O)CCCC1C1OCC(CCO)O1. The molecule has 0 aromatic rings. The molecule has 88 valence electrons. The molecule has 5 nitrogen and oxygen atoms in total. The Balaban J connectivity index is 1.96. The third-order valence-electron chi connectivity index (χ3n) is 2.91. The molecule has 6 heteroatoms. The molecule has 0 radical (unpaired) electrons. The summed E-state index contributed by atoms with van der Waals surface area (Å²) in [5.41, 5.74) is 0. The van der Waals surface area contributed by atoms with E-state index in [1.165, 1.54) is 0 Å². The van der Waals surface area contributed by atoms with Crippen LogP contribution in [0.1, 0.15) is 19.3 Å². The summed E-state index contributed by atoms with van der Waals surface area (Å²) in [5.74, 6) is 0.242. The average Bonchev–Trinajstić information content (AvgIpc) is 2.72. The van der Waals surface area contributed by atoms with Crippen LogP contribution >= 0.6 is 0 Å². The first-order valence-corrected chi connectivity index (χ1v) is 6.94. The van der Waals surface area contributed by atoms with E-state index in [0.29, 0.717) is 25.9 Å². The molecule has 0 bridgehead atoms. The summed E-state index contributed by atoms with van der Waals surface area (Å²) in [7, 11) is -3.02. The lowest BCUT2D eigenvalue weighted by Crippen LogP contribution is -2.32. The number of rotatable bonds is 3. The van der Waals surface area contributed by atoms with Crippen molar-refractivity contribution >= 4 is 9.84 Å². The van der Waals surface area contributed by atoms with Crippen LogP contribution in [-0.2, 0) is 19.3 Å². The Morgan fingerprint density at radius 1 is 1.40 bits per heavy atom. The van der Waals surface area contributed by atoms with Crippen molar-refractivity contribution in [2.24, 2.45) is 0 Å². The minimum Gasteiger partial charge on any atom is -0.396 e. The lowest BCUT2D eigenvalue weighted by Gasteiger charge is -2.16. The van der Waals surface area contributed by atoms with Crippen LogP contribution in [0.5, 0.6) is 0 Å². The molecule has 0 aromatic carbocycles. The van der Waals surface area contributed by atoms with E-state index in [1.807, 2.05) is 0 Å². The predicted octanol–water partition coefficient (Wildman–Crippen LogP) is -0.313. The first-order chi connectivity index (χ1) is 7.13. The fourth-order valence-electron chi connectivity index (χ4n) is 2.08. The quantitative estimate of drug-likeness (QED) is 0.727. The molecule has 15 heavy (non-hydrogen) atoms. The van der Waals surface area contributed by atoms with Gasteiger partial charge in [0.1, 0.15) is 5.25 Å². The lowest BCUT2D eigenvalue weighted by atomic mass is 10.2. The van der Waals surface area contributed by atoms with Crippen molar-refractivity contribution in [3.8, 4) is 0 Å². The van der Waals surface area contributed by atoms with Gasteiger partial charge >= 0.3 is 0 Å². The Labute approximate surface area is 89.3 Å². The zero-order valence-electron chi connectivity index (χ0n) is 8.46.